The zero-order chi connectivity index (χ0) is 10.6. The zero-order valence-corrected chi connectivity index (χ0v) is 10.3. The van der Waals surface area contributed by atoms with Crippen LogP contribution in [-0.2, 0) is 0 Å². The molecule has 0 amide bonds. The van der Waals surface area contributed by atoms with Crippen LogP contribution >= 0.6 is 22.6 Å². The molecule has 1 aromatic rings. The second kappa shape index (κ2) is 5.46. The van der Waals surface area contributed by atoms with Crippen molar-refractivity contribution in [1.29, 1.82) is 5.41 Å². The fraction of sp³-hybridized carbons (Fsp3) is 0.364. The second-order valence-electron chi connectivity index (χ2n) is 3.39. The quantitative estimate of drug-likeness (QED) is 0.651. The lowest BCUT2D eigenvalue weighted by Gasteiger charge is -2.10. The summed E-state index contributed by atoms with van der Waals surface area (Å²) in [4.78, 5) is 0. The summed E-state index contributed by atoms with van der Waals surface area (Å²) >= 11 is 2.23. The topological polar surface area (TPSA) is 44.1 Å². The highest BCUT2D eigenvalue weighted by atomic mass is 131. The lowest BCUT2D eigenvalue weighted by molar-refractivity contribution is 0.170. The van der Waals surface area contributed by atoms with Gasteiger partial charge in [-0.25, -0.2) is 0 Å². The van der Waals surface area contributed by atoms with E-state index in [1.54, 1.807) is 6.92 Å². The first-order valence-electron chi connectivity index (χ1n) is 4.57. The molecule has 0 unspecified atom stereocenters. The van der Waals surface area contributed by atoms with Crippen molar-refractivity contribution in [3.05, 3.63) is 33.4 Å². The van der Waals surface area contributed by atoms with Crippen LogP contribution in [0.3, 0.4) is 0 Å². The number of aliphatic hydroxyl groups is 1. The Morgan fingerprint density at radius 1 is 1.57 bits per heavy atom. The van der Waals surface area contributed by atoms with Gasteiger partial charge in [0.25, 0.3) is 0 Å². The van der Waals surface area contributed by atoms with Crippen LogP contribution in [-0.4, -0.2) is 10.8 Å². The summed E-state index contributed by atoms with van der Waals surface area (Å²) in [5, 5.41) is 17.1. The van der Waals surface area contributed by atoms with Gasteiger partial charge in [0.15, 0.2) is 0 Å². The average molecular weight is 307 g/mol. The van der Waals surface area contributed by atoms with Crippen molar-refractivity contribution in [2.75, 3.05) is 0 Å². The molecule has 0 heterocycles. The van der Waals surface area contributed by atoms with E-state index in [0.29, 0.717) is 18.6 Å². The fourth-order valence-electron chi connectivity index (χ4n) is 1.23. The third kappa shape index (κ3) is 3.75. The van der Waals surface area contributed by atoms with Crippen LogP contribution in [0.4, 0.5) is 0 Å². The van der Waals surface area contributed by atoms with Gasteiger partial charge in [-0.05, 0) is 60.1 Å². The number of hydrogen-bond acceptors (Lipinski definition) is 2. The largest absolute Gasteiger partial charge is 0.388 e. The third-order valence-electron chi connectivity index (χ3n) is 2.03. The summed E-state index contributed by atoms with van der Waals surface area (Å²) in [6.45, 7) is 1.77. The van der Waals surface area contributed by atoms with Gasteiger partial charge in [-0.15, -0.1) is 0 Å². The molecule has 0 saturated carbocycles. The van der Waals surface area contributed by atoms with E-state index in [0.717, 1.165) is 9.13 Å². The molecule has 1 atom stereocenters. The molecular formula is C11H14INO. The highest BCUT2D eigenvalue weighted by Gasteiger charge is 2.07. The standard InChI is InChI=1S/C11H14INO/c1-8(13)5-6-11(14)9-3-2-4-10(12)7-9/h2-4,7,11,13-14H,5-6H2,1H3/t11-/m0/s1/i12+4. The maximum absolute atomic E-state index is 9.79. The first-order valence-corrected chi connectivity index (χ1v) is 5.65. The number of hydrogen-bond donors (Lipinski definition) is 2. The van der Waals surface area contributed by atoms with E-state index in [2.05, 4.69) is 22.6 Å². The van der Waals surface area contributed by atoms with Gasteiger partial charge < -0.3 is 10.5 Å². The van der Waals surface area contributed by atoms with E-state index in [4.69, 9.17) is 5.41 Å². The Morgan fingerprint density at radius 2 is 2.29 bits per heavy atom. The van der Waals surface area contributed by atoms with E-state index in [1.165, 1.54) is 0 Å². The minimum absolute atomic E-state index is 0.440. The molecule has 0 aliphatic heterocycles. The number of rotatable bonds is 4. The molecule has 14 heavy (non-hydrogen) atoms. The predicted octanol–water partition coefficient (Wildman–Crippen LogP) is 3.14. The highest BCUT2D eigenvalue weighted by molar-refractivity contribution is 14.1. The first kappa shape index (κ1) is 11.7. The van der Waals surface area contributed by atoms with Gasteiger partial charge in [-0.3, -0.25) is 0 Å². The monoisotopic (exact) mass is 307 g/mol. The van der Waals surface area contributed by atoms with E-state index < -0.39 is 6.10 Å². The summed E-state index contributed by atoms with van der Waals surface area (Å²) in [6.07, 6.45) is 0.854. The highest BCUT2D eigenvalue weighted by Crippen LogP contribution is 2.20. The Hall–Kier alpha value is -0.420. The zero-order valence-electron chi connectivity index (χ0n) is 8.13. The molecule has 2 nitrogen and oxygen atoms in total. The molecule has 1 aromatic carbocycles. The number of nitrogens with one attached hydrogen (secondary N) is 1. The van der Waals surface area contributed by atoms with Gasteiger partial charge in [-0.2, -0.15) is 0 Å². The molecule has 3 heteroatoms. The van der Waals surface area contributed by atoms with Crippen LogP contribution in [0.1, 0.15) is 31.4 Å². The molecule has 0 saturated heterocycles. The average Bonchev–Trinajstić information content (AvgIpc) is 2.14. The molecule has 0 bridgehead atoms. The summed E-state index contributed by atoms with van der Waals surface area (Å²) in [7, 11) is 0. The Bertz CT molecular complexity index is 325. The predicted molar refractivity (Wildman–Crippen MR) is 66.8 cm³/mol. The molecule has 0 aromatic heterocycles. The molecule has 2 N–H and O–H groups in total. The maximum Gasteiger partial charge on any atom is 0.0794 e. The molecule has 0 fully saturated rings. The van der Waals surface area contributed by atoms with Crippen molar-refractivity contribution >= 4 is 28.3 Å². The smallest absolute Gasteiger partial charge is 0.0794 e. The molecule has 0 aliphatic carbocycles. The van der Waals surface area contributed by atoms with E-state index in [9.17, 15) is 5.11 Å². The Balaban J connectivity index is 2.60. The van der Waals surface area contributed by atoms with Crippen molar-refractivity contribution in [2.24, 2.45) is 0 Å². The first-order chi connectivity index (χ1) is 6.59. The van der Waals surface area contributed by atoms with Crippen LogP contribution < -0.4 is 0 Å². The van der Waals surface area contributed by atoms with E-state index in [-0.39, 0.29) is 0 Å². The Kier molecular flexibility index (Phi) is 4.54. The van der Waals surface area contributed by atoms with Crippen molar-refractivity contribution in [1.82, 2.24) is 0 Å². The van der Waals surface area contributed by atoms with Gasteiger partial charge in [0.05, 0.1) is 6.10 Å². The van der Waals surface area contributed by atoms with Crippen molar-refractivity contribution in [3.63, 3.8) is 0 Å². The fourth-order valence-corrected chi connectivity index (χ4v) is 1.80. The summed E-state index contributed by atoms with van der Waals surface area (Å²) in [6, 6.07) is 7.84. The Morgan fingerprint density at radius 3 is 2.86 bits per heavy atom. The summed E-state index contributed by atoms with van der Waals surface area (Å²) in [5.74, 6) is 0. The van der Waals surface area contributed by atoms with Crippen LogP contribution in [0, 0.1) is 8.98 Å². The van der Waals surface area contributed by atoms with Gasteiger partial charge >= 0.3 is 0 Å². The number of halogens is 1. The SMILES string of the molecule is CC(=N)CC[C@H](O)c1cccc([131I])c1. The van der Waals surface area contributed by atoms with Crippen molar-refractivity contribution < 1.29 is 5.11 Å². The van der Waals surface area contributed by atoms with E-state index in [1.807, 2.05) is 24.3 Å². The molecule has 0 aliphatic rings. The molecule has 0 spiro atoms. The van der Waals surface area contributed by atoms with Crippen molar-refractivity contribution in [3.8, 4) is 0 Å². The van der Waals surface area contributed by atoms with Crippen molar-refractivity contribution in [2.45, 2.75) is 25.9 Å². The molecular weight excluding hydrogens is 293 g/mol. The summed E-state index contributed by atoms with van der Waals surface area (Å²) in [5.41, 5.74) is 1.56. The lowest BCUT2D eigenvalue weighted by Crippen LogP contribution is -2.00. The summed E-state index contributed by atoms with van der Waals surface area (Å²) < 4.78 is 1.13. The maximum atomic E-state index is 9.79. The molecule has 0 radical (unpaired) electrons. The van der Waals surface area contributed by atoms with Gasteiger partial charge in [0.1, 0.15) is 0 Å². The Labute approximate surface area is 98.0 Å². The number of aliphatic hydroxyl groups excluding tert-OH is 1. The third-order valence-corrected chi connectivity index (χ3v) is 2.70. The minimum Gasteiger partial charge on any atom is -0.388 e. The van der Waals surface area contributed by atoms with Gasteiger partial charge in [0.2, 0.25) is 0 Å². The van der Waals surface area contributed by atoms with E-state index >= 15 is 0 Å². The number of benzene rings is 1. The van der Waals surface area contributed by atoms with Gasteiger partial charge in [0, 0.05) is 9.28 Å². The second-order valence-corrected chi connectivity index (χ2v) is 4.64. The molecule has 76 valence electrons. The lowest BCUT2D eigenvalue weighted by atomic mass is 10.0. The van der Waals surface area contributed by atoms with Crippen LogP contribution in [0.2, 0.25) is 0 Å². The van der Waals surface area contributed by atoms with Crippen LogP contribution in [0.5, 0.6) is 0 Å². The van der Waals surface area contributed by atoms with Gasteiger partial charge in [-0.1, -0.05) is 12.1 Å². The minimum atomic E-state index is -0.440. The van der Waals surface area contributed by atoms with Crippen LogP contribution in [0.25, 0.3) is 0 Å². The molecule has 1 rings (SSSR count). The van der Waals surface area contributed by atoms with Crippen LogP contribution in [0.15, 0.2) is 24.3 Å². The normalized spacial score (nSPS) is 12.5.